The van der Waals surface area contributed by atoms with Gasteiger partial charge < -0.3 is 10.5 Å². The molecule has 32 heavy (non-hydrogen) atoms. The highest BCUT2D eigenvalue weighted by atomic mass is 35.5. The van der Waals surface area contributed by atoms with Gasteiger partial charge in [-0.2, -0.15) is 0 Å². The number of methoxy groups -OCH3 is 1. The highest BCUT2D eigenvalue weighted by Gasteiger charge is 2.66. The number of aliphatic imine (C=N–C) groups is 1. The molecule has 1 aromatic carbocycles. The van der Waals surface area contributed by atoms with Crippen LogP contribution in [0.25, 0.3) is 11.1 Å². The Morgan fingerprint density at radius 3 is 2.56 bits per heavy atom. The summed E-state index contributed by atoms with van der Waals surface area (Å²) in [5.74, 6) is 0.321. The van der Waals surface area contributed by atoms with Crippen molar-refractivity contribution in [3.8, 4) is 11.1 Å². The minimum Gasteiger partial charge on any atom is -0.381 e. The third-order valence-electron chi connectivity index (χ3n) is 7.63. The van der Waals surface area contributed by atoms with Crippen molar-refractivity contribution in [3.05, 3.63) is 52.8 Å². The molecule has 1 amide bonds. The lowest BCUT2D eigenvalue weighted by Gasteiger charge is -2.45. The molecule has 3 aliphatic rings. The Labute approximate surface area is 193 Å². The summed E-state index contributed by atoms with van der Waals surface area (Å²) in [4.78, 5) is 25.1. The first kappa shape index (κ1) is 21.4. The number of nitrogens with zero attached hydrogens (tertiary/aromatic N) is 3. The van der Waals surface area contributed by atoms with Crippen molar-refractivity contribution in [2.24, 2.45) is 16.1 Å². The first-order valence-corrected chi connectivity index (χ1v) is 11.7. The summed E-state index contributed by atoms with van der Waals surface area (Å²) in [6.07, 6.45) is 8.06. The zero-order chi connectivity index (χ0) is 22.7. The van der Waals surface area contributed by atoms with Crippen LogP contribution in [0.3, 0.4) is 0 Å². The van der Waals surface area contributed by atoms with Gasteiger partial charge in [-0.25, -0.2) is 4.99 Å². The molecule has 1 aromatic heterocycles. The Hall–Kier alpha value is -2.44. The molecule has 6 nitrogen and oxygen atoms in total. The van der Waals surface area contributed by atoms with Crippen molar-refractivity contribution < 1.29 is 9.53 Å². The molecule has 168 valence electrons. The number of aromatic nitrogens is 1. The topological polar surface area (TPSA) is 80.8 Å². The maximum absolute atomic E-state index is 14.1. The molecule has 2 aromatic rings. The van der Waals surface area contributed by atoms with Crippen LogP contribution >= 0.6 is 11.6 Å². The third-order valence-corrected chi connectivity index (χ3v) is 7.84. The van der Waals surface area contributed by atoms with Crippen molar-refractivity contribution in [1.82, 2.24) is 9.88 Å². The van der Waals surface area contributed by atoms with Gasteiger partial charge in [0.15, 0.2) is 11.5 Å². The lowest BCUT2D eigenvalue weighted by Crippen LogP contribution is -2.53. The second-order valence-corrected chi connectivity index (χ2v) is 10.0. The predicted molar refractivity (Wildman–Crippen MR) is 125 cm³/mol. The van der Waals surface area contributed by atoms with Gasteiger partial charge in [0, 0.05) is 36.5 Å². The van der Waals surface area contributed by atoms with Crippen molar-refractivity contribution in [2.75, 3.05) is 7.11 Å². The molecule has 2 N–H and O–H groups in total. The monoisotopic (exact) mass is 452 g/mol. The van der Waals surface area contributed by atoms with E-state index in [-0.39, 0.29) is 23.5 Å². The number of amides is 1. The number of rotatable bonds is 3. The molecular formula is C25H29ClN4O2. The van der Waals surface area contributed by atoms with E-state index in [1.54, 1.807) is 24.4 Å². The molecule has 2 spiro atoms. The Morgan fingerprint density at radius 1 is 1.19 bits per heavy atom. The Morgan fingerprint density at radius 2 is 1.94 bits per heavy atom. The summed E-state index contributed by atoms with van der Waals surface area (Å²) in [5.41, 5.74) is 9.16. The Bertz CT molecular complexity index is 1110. The van der Waals surface area contributed by atoms with Gasteiger partial charge in [0.25, 0.3) is 5.91 Å². The Kier molecular flexibility index (Phi) is 5.06. The van der Waals surface area contributed by atoms with Gasteiger partial charge in [0.2, 0.25) is 0 Å². The maximum Gasteiger partial charge on any atom is 0.262 e. The van der Waals surface area contributed by atoms with Crippen molar-refractivity contribution in [3.63, 3.8) is 0 Å². The largest absolute Gasteiger partial charge is 0.381 e. The van der Waals surface area contributed by atoms with Crippen LogP contribution in [0.4, 0.5) is 0 Å². The number of ether oxygens (including phenoxy) is 1. The van der Waals surface area contributed by atoms with Crippen LogP contribution in [0.2, 0.25) is 5.02 Å². The number of guanidine groups is 1. The van der Waals surface area contributed by atoms with E-state index < -0.39 is 5.54 Å². The minimum absolute atomic E-state index is 0.000913. The van der Waals surface area contributed by atoms with E-state index >= 15 is 0 Å². The second-order valence-electron chi connectivity index (χ2n) is 9.61. The number of hydrogen-bond donors (Lipinski definition) is 1. The van der Waals surface area contributed by atoms with Crippen LogP contribution in [0, 0.1) is 5.41 Å². The third kappa shape index (κ3) is 2.92. The summed E-state index contributed by atoms with van der Waals surface area (Å²) in [5, 5.41) is 0.581. The van der Waals surface area contributed by atoms with E-state index in [1.807, 2.05) is 19.9 Å². The van der Waals surface area contributed by atoms with Gasteiger partial charge in [-0.15, -0.1) is 0 Å². The predicted octanol–water partition coefficient (Wildman–Crippen LogP) is 4.29. The molecule has 0 radical (unpaired) electrons. The van der Waals surface area contributed by atoms with Crippen LogP contribution in [-0.4, -0.2) is 41.0 Å². The van der Waals surface area contributed by atoms with E-state index in [1.165, 1.54) is 5.56 Å². The second kappa shape index (κ2) is 7.56. The lowest BCUT2D eigenvalue weighted by molar-refractivity contribution is -0.139. The number of carbonyl (C=O) groups excluding carboxylic acids is 1. The van der Waals surface area contributed by atoms with Gasteiger partial charge in [-0.3, -0.25) is 14.7 Å². The number of hydrogen-bond acceptors (Lipinski definition) is 5. The van der Waals surface area contributed by atoms with Crippen LogP contribution in [0.15, 0.2) is 41.7 Å². The SMILES string of the molecule is COC1CCC2(CC1)Cc1ccc(-c3cncc(Cl)c3)cc1C21N=C(N)N(C(C)C)C1=O. The first-order chi connectivity index (χ1) is 15.3. The molecular weight excluding hydrogens is 424 g/mol. The summed E-state index contributed by atoms with van der Waals surface area (Å²) < 4.78 is 5.64. The van der Waals surface area contributed by atoms with Gasteiger partial charge in [0.1, 0.15) is 0 Å². The zero-order valence-corrected chi connectivity index (χ0v) is 19.5. The maximum atomic E-state index is 14.1. The van der Waals surface area contributed by atoms with E-state index in [0.717, 1.165) is 48.8 Å². The summed E-state index contributed by atoms with van der Waals surface area (Å²) in [6, 6.07) is 8.18. The molecule has 1 aliphatic heterocycles. The van der Waals surface area contributed by atoms with Gasteiger partial charge >= 0.3 is 0 Å². The van der Waals surface area contributed by atoms with Crippen LogP contribution in [0.1, 0.15) is 50.7 Å². The minimum atomic E-state index is -0.989. The number of carbonyl (C=O) groups is 1. The first-order valence-electron chi connectivity index (χ1n) is 11.3. The van der Waals surface area contributed by atoms with Crippen molar-refractivity contribution >= 4 is 23.5 Å². The standard InChI is InChI=1S/C25H29ClN4O2/c1-15(2)30-22(31)25(29-23(30)27)21-11-16(18-10-19(26)14-28-13-18)4-5-17(21)12-24(25)8-6-20(32-3)7-9-24/h4-5,10-11,13-15,20H,6-9,12H2,1-3H3,(H2,27,29). The molecule has 7 heteroatoms. The molecule has 0 bridgehead atoms. The average Bonchev–Trinajstić information content (AvgIpc) is 3.20. The Balaban J connectivity index is 1.68. The molecule has 2 heterocycles. The van der Waals surface area contributed by atoms with Gasteiger partial charge in [-0.05, 0) is 74.8 Å². The quantitative estimate of drug-likeness (QED) is 0.753. The molecule has 0 saturated heterocycles. The van der Waals surface area contributed by atoms with Crippen molar-refractivity contribution in [1.29, 1.82) is 0 Å². The molecule has 1 unspecified atom stereocenters. The van der Waals surface area contributed by atoms with Crippen LogP contribution < -0.4 is 5.73 Å². The van der Waals surface area contributed by atoms with Crippen molar-refractivity contribution in [2.45, 2.75) is 63.6 Å². The van der Waals surface area contributed by atoms with E-state index in [0.29, 0.717) is 11.0 Å². The van der Waals surface area contributed by atoms with Gasteiger partial charge in [-0.1, -0.05) is 23.7 Å². The molecule has 1 saturated carbocycles. The zero-order valence-electron chi connectivity index (χ0n) is 18.8. The smallest absolute Gasteiger partial charge is 0.262 e. The average molecular weight is 453 g/mol. The van der Waals surface area contributed by atoms with E-state index in [9.17, 15) is 4.79 Å². The molecule has 5 rings (SSSR count). The fourth-order valence-electron chi connectivity index (χ4n) is 6.08. The summed E-state index contributed by atoms with van der Waals surface area (Å²) in [7, 11) is 1.77. The van der Waals surface area contributed by atoms with Gasteiger partial charge in [0.05, 0.1) is 11.1 Å². The fourth-order valence-corrected chi connectivity index (χ4v) is 6.26. The van der Waals surface area contributed by atoms with Crippen LogP contribution in [-0.2, 0) is 21.5 Å². The lowest BCUT2D eigenvalue weighted by atomic mass is 9.61. The highest BCUT2D eigenvalue weighted by Crippen LogP contribution is 2.62. The van der Waals surface area contributed by atoms with E-state index in [2.05, 4.69) is 23.2 Å². The number of nitrogens with two attached hydrogens (primary N) is 1. The van der Waals surface area contributed by atoms with Crippen LogP contribution in [0.5, 0.6) is 0 Å². The summed E-state index contributed by atoms with van der Waals surface area (Å²) in [6.45, 7) is 3.97. The molecule has 1 fully saturated rings. The molecule has 2 aliphatic carbocycles. The summed E-state index contributed by atoms with van der Waals surface area (Å²) >= 11 is 6.20. The number of pyridine rings is 1. The number of halogens is 1. The number of fused-ring (bicyclic) bond motifs is 3. The fraction of sp³-hybridized carbons (Fsp3) is 0.480. The normalized spacial score (nSPS) is 29.3. The van der Waals surface area contributed by atoms with E-state index in [4.69, 9.17) is 27.1 Å². The molecule has 1 atom stereocenters. The number of benzene rings is 1. The highest BCUT2D eigenvalue weighted by molar-refractivity contribution is 6.30.